The second kappa shape index (κ2) is 5.80. The Morgan fingerprint density at radius 2 is 1.76 bits per heavy atom. The molecule has 0 radical (unpaired) electrons. The smallest absolute Gasteiger partial charge is 0.140 e. The fraction of sp³-hybridized carbons (Fsp3) is 0.611. The second-order valence-corrected chi connectivity index (χ2v) is 6.69. The van der Waals surface area contributed by atoms with Crippen LogP contribution in [0.5, 0.6) is 0 Å². The van der Waals surface area contributed by atoms with E-state index in [0.717, 1.165) is 6.54 Å². The molecule has 2 aromatic heterocycles. The number of nitrogens with zero attached hydrogens (tertiary/aromatic N) is 3. The molecule has 112 valence electrons. The highest BCUT2D eigenvalue weighted by Gasteiger charge is 2.19. The van der Waals surface area contributed by atoms with E-state index in [1.165, 1.54) is 74.9 Å². The Balaban J connectivity index is 1.55. The van der Waals surface area contributed by atoms with Crippen LogP contribution in [0.4, 0.5) is 0 Å². The molecule has 2 aromatic rings. The Hall–Kier alpha value is -1.35. The summed E-state index contributed by atoms with van der Waals surface area (Å²) >= 11 is 0. The molecule has 0 bridgehead atoms. The number of fused-ring (bicyclic) bond motifs is 1. The molecule has 2 aliphatic rings. The third kappa shape index (κ3) is 2.71. The van der Waals surface area contributed by atoms with Crippen molar-refractivity contribution in [3.8, 4) is 0 Å². The van der Waals surface area contributed by atoms with Gasteiger partial charge >= 0.3 is 0 Å². The highest BCUT2D eigenvalue weighted by molar-refractivity contribution is 5.76. The number of pyridine rings is 1. The van der Waals surface area contributed by atoms with E-state index < -0.39 is 0 Å². The van der Waals surface area contributed by atoms with E-state index in [-0.39, 0.29) is 0 Å². The van der Waals surface area contributed by atoms with Gasteiger partial charge in [-0.1, -0.05) is 12.8 Å². The molecular formula is C18H25N3. The molecule has 4 rings (SSSR count). The van der Waals surface area contributed by atoms with Crippen molar-refractivity contribution in [2.24, 2.45) is 0 Å². The van der Waals surface area contributed by atoms with E-state index in [1.807, 2.05) is 0 Å². The van der Waals surface area contributed by atoms with Gasteiger partial charge in [0.1, 0.15) is 5.65 Å². The van der Waals surface area contributed by atoms with Crippen molar-refractivity contribution in [3.05, 3.63) is 30.1 Å². The zero-order valence-electron chi connectivity index (χ0n) is 12.8. The maximum Gasteiger partial charge on any atom is 0.140 e. The summed E-state index contributed by atoms with van der Waals surface area (Å²) in [5.74, 6) is 0.705. The van der Waals surface area contributed by atoms with Crippen molar-refractivity contribution < 1.29 is 0 Å². The molecule has 0 aromatic carbocycles. The maximum atomic E-state index is 5.01. The average Bonchev–Trinajstić information content (AvgIpc) is 3.25. The quantitative estimate of drug-likeness (QED) is 0.851. The zero-order chi connectivity index (χ0) is 14.1. The van der Waals surface area contributed by atoms with Gasteiger partial charge in [-0.05, 0) is 57.0 Å². The molecule has 1 aliphatic carbocycles. The summed E-state index contributed by atoms with van der Waals surface area (Å²) < 4.78 is 2.35. The molecule has 3 heteroatoms. The van der Waals surface area contributed by atoms with Crippen LogP contribution in [0.15, 0.2) is 24.4 Å². The first-order valence-corrected chi connectivity index (χ1v) is 8.58. The van der Waals surface area contributed by atoms with Gasteiger partial charge in [0.25, 0.3) is 0 Å². The molecule has 3 nitrogen and oxygen atoms in total. The van der Waals surface area contributed by atoms with Crippen molar-refractivity contribution in [3.63, 3.8) is 0 Å². The summed E-state index contributed by atoms with van der Waals surface area (Å²) in [7, 11) is 0. The first-order valence-electron chi connectivity index (χ1n) is 8.58. The molecule has 1 saturated carbocycles. The summed E-state index contributed by atoms with van der Waals surface area (Å²) in [4.78, 5) is 7.58. The van der Waals surface area contributed by atoms with Gasteiger partial charge < -0.3 is 9.47 Å². The lowest BCUT2D eigenvalue weighted by Crippen LogP contribution is -2.23. The standard InChI is InChI=1S/C18H25N3/c1-2-6-15(5-1)17-8-7-16-9-12-21(18(16)19-17)14-13-20-10-3-4-11-20/h7-9,12,15H,1-6,10-11,13-14H2. The summed E-state index contributed by atoms with van der Waals surface area (Å²) in [5, 5.41) is 1.29. The van der Waals surface area contributed by atoms with Gasteiger partial charge in [0, 0.05) is 36.3 Å². The number of hydrogen-bond acceptors (Lipinski definition) is 2. The molecule has 0 atom stereocenters. The fourth-order valence-electron chi connectivity index (χ4n) is 3.96. The summed E-state index contributed by atoms with van der Waals surface area (Å²) in [6.07, 6.45) is 10.4. The van der Waals surface area contributed by atoms with Crippen molar-refractivity contribution in [2.45, 2.75) is 51.0 Å². The Morgan fingerprint density at radius 3 is 2.57 bits per heavy atom. The van der Waals surface area contributed by atoms with Crippen LogP contribution < -0.4 is 0 Å². The van der Waals surface area contributed by atoms with E-state index in [0.29, 0.717) is 5.92 Å². The third-order valence-corrected chi connectivity index (χ3v) is 5.26. The van der Waals surface area contributed by atoms with E-state index in [2.05, 4.69) is 33.9 Å². The molecule has 3 heterocycles. The Morgan fingerprint density at radius 1 is 0.952 bits per heavy atom. The predicted octanol–water partition coefficient (Wildman–Crippen LogP) is 3.79. The van der Waals surface area contributed by atoms with E-state index >= 15 is 0 Å². The third-order valence-electron chi connectivity index (χ3n) is 5.26. The lowest BCUT2D eigenvalue weighted by atomic mass is 10.0. The van der Waals surface area contributed by atoms with Crippen LogP contribution in [0.3, 0.4) is 0 Å². The summed E-state index contributed by atoms with van der Waals surface area (Å²) in [5.41, 5.74) is 2.51. The maximum absolute atomic E-state index is 5.01. The fourth-order valence-corrected chi connectivity index (χ4v) is 3.96. The van der Waals surface area contributed by atoms with Gasteiger partial charge in [0.15, 0.2) is 0 Å². The molecule has 1 saturated heterocycles. The zero-order valence-corrected chi connectivity index (χ0v) is 12.8. The molecule has 21 heavy (non-hydrogen) atoms. The number of rotatable bonds is 4. The highest BCUT2D eigenvalue weighted by Crippen LogP contribution is 2.33. The largest absolute Gasteiger partial charge is 0.331 e. The SMILES string of the molecule is c1cc2ccn(CCN3CCCC3)c2nc1C1CCCC1. The van der Waals surface area contributed by atoms with Crippen molar-refractivity contribution in [1.82, 2.24) is 14.5 Å². The van der Waals surface area contributed by atoms with Gasteiger partial charge in [0.2, 0.25) is 0 Å². The summed E-state index contributed by atoms with van der Waals surface area (Å²) in [6, 6.07) is 6.73. The minimum Gasteiger partial charge on any atom is -0.331 e. The van der Waals surface area contributed by atoms with Crippen LogP contribution in [-0.4, -0.2) is 34.1 Å². The molecule has 0 unspecified atom stereocenters. The van der Waals surface area contributed by atoms with Crippen LogP contribution in [0.1, 0.15) is 50.1 Å². The van der Waals surface area contributed by atoms with Crippen LogP contribution in [0.2, 0.25) is 0 Å². The van der Waals surface area contributed by atoms with E-state index in [9.17, 15) is 0 Å². The molecule has 1 aliphatic heterocycles. The van der Waals surface area contributed by atoms with Gasteiger partial charge in [0.05, 0.1) is 0 Å². The summed E-state index contributed by atoms with van der Waals surface area (Å²) in [6.45, 7) is 4.80. The van der Waals surface area contributed by atoms with Crippen LogP contribution >= 0.6 is 0 Å². The van der Waals surface area contributed by atoms with Gasteiger partial charge in [-0.2, -0.15) is 0 Å². The van der Waals surface area contributed by atoms with Gasteiger partial charge in [-0.15, -0.1) is 0 Å². The van der Waals surface area contributed by atoms with Crippen molar-refractivity contribution >= 4 is 11.0 Å². The van der Waals surface area contributed by atoms with Gasteiger partial charge in [-0.25, -0.2) is 4.98 Å². The van der Waals surface area contributed by atoms with Crippen LogP contribution in [-0.2, 0) is 6.54 Å². The monoisotopic (exact) mass is 283 g/mol. The molecule has 0 spiro atoms. The minimum absolute atomic E-state index is 0.705. The Labute approximate surface area is 127 Å². The second-order valence-electron chi connectivity index (χ2n) is 6.69. The minimum atomic E-state index is 0.705. The Kier molecular flexibility index (Phi) is 3.68. The number of aromatic nitrogens is 2. The Bertz CT molecular complexity index is 604. The molecule has 0 N–H and O–H groups in total. The number of likely N-dealkylation sites (tertiary alicyclic amines) is 1. The van der Waals surface area contributed by atoms with Crippen molar-refractivity contribution in [2.75, 3.05) is 19.6 Å². The predicted molar refractivity (Wildman–Crippen MR) is 86.6 cm³/mol. The topological polar surface area (TPSA) is 21.1 Å². The molecule has 0 amide bonds. The highest BCUT2D eigenvalue weighted by atomic mass is 15.2. The number of hydrogen-bond donors (Lipinski definition) is 0. The van der Waals surface area contributed by atoms with Crippen LogP contribution in [0.25, 0.3) is 11.0 Å². The molecule has 2 fully saturated rings. The molecular weight excluding hydrogens is 258 g/mol. The van der Waals surface area contributed by atoms with E-state index in [4.69, 9.17) is 4.98 Å². The first kappa shape index (κ1) is 13.3. The van der Waals surface area contributed by atoms with Crippen molar-refractivity contribution in [1.29, 1.82) is 0 Å². The normalized spacial score (nSPS) is 20.8. The average molecular weight is 283 g/mol. The van der Waals surface area contributed by atoms with E-state index in [1.54, 1.807) is 0 Å². The van der Waals surface area contributed by atoms with Crippen LogP contribution in [0, 0.1) is 0 Å². The first-order chi connectivity index (χ1) is 10.4. The lowest BCUT2D eigenvalue weighted by molar-refractivity contribution is 0.324. The van der Waals surface area contributed by atoms with Gasteiger partial charge in [-0.3, -0.25) is 0 Å². The lowest BCUT2D eigenvalue weighted by Gasteiger charge is -2.15.